The Morgan fingerprint density at radius 1 is 1.10 bits per heavy atom. The smallest absolute Gasteiger partial charge is 0.129 e. The summed E-state index contributed by atoms with van der Waals surface area (Å²) in [5.74, 6) is 1.48. The first-order valence-corrected chi connectivity index (χ1v) is 8.06. The second-order valence-electron chi connectivity index (χ2n) is 6.26. The van der Waals surface area contributed by atoms with Crippen LogP contribution in [0.5, 0.6) is 0 Å². The van der Waals surface area contributed by atoms with Crippen LogP contribution in [0, 0.1) is 0 Å². The normalized spacial score (nSPS) is 15.7. The van der Waals surface area contributed by atoms with Gasteiger partial charge in [0.25, 0.3) is 0 Å². The Labute approximate surface area is 127 Å². The Balaban J connectivity index is 2.03. The summed E-state index contributed by atoms with van der Waals surface area (Å²) in [5.41, 5.74) is 3.71. The van der Waals surface area contributed by atoms with Crippen molar-refractivity contribution in [1.29, 1.82) is 0 Å². The lowest BCUT2D eigenvalue weighted by atomic mass is 10.0. The van der Waals surface area contributed by atoms with Gasteiger partial charge in [0, 0.05) is 31.2 Å². The molecule has 1 saturated heterocycles. The standard InChI is InChI=1S/C18H25N3/c1-13(2)16-12-14-11-15(21-9-5-4-6-10-21)7-8-17(14)20-18(16)19-3/h7-8,11-13H,4-6,9-10H2,1-3H3,(H,19,20). The van der Waals surface area contributed by atoms with Crippen molar-refractivity contribution in [2.75, 3.05) is 30.4 Å². The molecule has 1 aliphatic rings. The Morgan fingerprint density at radius 3 is 2.52 bits per heavy atom. The van der Waals surface area contributed by atoms with Crippen LogP contribution in [0.4, 0.5) is 11.5 Å². The van der Waals surface area contributed by atoms with Crippen LogP contribution in [0.3, 0.4) is 0 Å². The first kappa shape index (κ1) is 14.2. The van der Waals surface area contributed by atoms with Crippen molar-refractivity contribution in [2.45, 2.75) is 39.0 Å². The number of anilines is 2. The van der Waals surface area contributed by atoms with Gasteiger partial charge in [-0.1, -0.05) is 13.8 Å². The second kappa shape index (κ2) is 5.92. The van der Waals surface area contributed by atoms with Crippen molar-refractivity contribution in [3.8, 4) is 0 Å². The highest BCUT2D eigenvalue weighted by Crippen LogP contribution is 2.29. The Kier molecular flexibility index (Phi) is 4.00. The molecule has 112 valence electrons. The first-order chi connectivity index (χ1) is 10.2. The van der Waals surface area contributed by atoms with E-state index in [0.29, 0.717) is 5.92 Å². The highest BCUT2D eigenvalue weighted by atomic mass is 15.1. The van der Waals surface area contributed by atoms with Gasteiger partial charge in [0.1, 0.15) is 5.82 Å². The summed E-state index contributed by atoms with van der Waals surface area (Å²) in [6, 6.07) is 8.98. The van der Waals surface area contributed by atoms with Crippen molar-refractivity contribution in [2.24, 2.45) is 0 Å². The topological polar surface area (TPSA) is 28.2 Å². The predicted molar refractivity (Wildman–Crippen MR) is 91.4 cm³/mol. The average Bonchev–Trinajstić information content (AvgIpc) is 2.53. The molecular formula is C18H25N3. The molecule has 1 fully saturated rings. The number of hydrogen-bond donors (Lipinski definition) is 1. The summed E-state index contributed by atoms with van der Waals surface area (Å²) in [7, 11) is 1.95. The highest BCUT2D eigenvalue weighted by molar-refractivity contribution is 5.85. The number of nitrogens with one attached hydrogen (secondary N) is 1. The van der Waals surface area contributed by atoms with Crippen LogP contribution in [0.2, 0.25) is 0 Å². The zero-order chi connectivity index (χ0) is 14.8. The fourth-order valence-electron chi connectivity index (χ4n) is 3.17. The molecule has 0 amide bonds. The quantitative estimate of drug-likeness (QED) is 0.905. The molecule has 0 atom stereocenters. The third-order valence-electron chi connectivity index (χ3n) is 4.41. The van der Waals surface area contributed by atoms with Crippen LogP contribution in [0.15, 0.2) is 24.3 Å². The molecule has 0 radical (unpaired) electrons. The minimum atomic E-state index is 0.475. The second-order valence-corrected chi connectivity index (χ2v) is 6.26. The molecular weight excluding hydrogens is 258 g/mol. The molecule has 1 N–H and O–H groups in total. The maximum Gasteiger partial charge on any atom is 0.129 e. The number of nitrogens with zero attached hydrogens (tertiary/aromatic N) is 2. The zero-order valence-corrected chi connectivity index (χ0v) is 13.3. The van der Waals surface area contributed by atoms with Crippen molar-refractivity contribution in [3.05, 3.63) is 29.8 Å². The Hall–Kier alpha value is -1.77. The minimum absolute atomic E-state index is 0.475. The lowest BCUT2D eigenvalue weighted by Gasteiger charge is -2.29. The number of piperidine rings is 1. The van der Waals surface area contributed by atoms with Gasteiger partial charge in [-0.3, -0.25) is 0 Å². The van der Waals surface area contributed by atoms with Crippen LogP contribution in [0.25, 0.3) is 10.9 Å². The van der Waals surface area contributed by atoms with Crippen molar-refractivity contribution in [1.82, 2.24) is 4.98 Å². The summed E-state index contributed by atoms with van der Waals surface area (Å²) in [4.78, 5) is 7.28. The van der Waals surface area contributed by atoms with Gasteiger partial charge in [0.05, 0.1) is 5.52 Å². The van der Waals surface area contributed by atoms with Gasteiger partial charge in [-0.2, -0.15) is 0 Å². The van der Waals surface area contributed by atoms with E-state index in [2.05, 4.69) is 48.3 Å². The number of aromatic nitrogens is 1. The third kappa shape index (κ3) is 2.82. The summed E-state index contributed by atoms with van der Waals surface area (Å²) in [6.45, 7) is 6.81. The van der Waals surface area contributed by atoms with E-state index in [1.165, 1.54) is 49.0 Å². The van der Waals surface area contributed by atoms with E-state index in [9.17, 15) is 0 Å². The van der Waals surface area contributed by atoms with Gasteiger partial charge < -0.3 is 10.2 Å². The molecule has 0 spiro atoms. The third-order valence-corrected chi connectivity index (χ3v) is 4.41. The molecule has 0 aliphatic carbocycles. The molecule has 1 aliphatic heterocycles. The molecule has 2 aromatic rings. The monoisotopic (exact) mass is 283 g/mol. The lowest BCUT2D eigenvalue weighted by Crippen LogP contribution is -2.29. The minimum Gasteiger partial charge on any atom is -0.373 e. The maximum absolute atomic E-state index is 4.77. The summed E-state index contributed by atoms with van der Waals surface area (Å²) in [5, 5.41) is 4.48. The maximum atomic E-state index is 4.77. The molecule has 21 heavy (non-hydrogen) atoms. The van der Waals surface area contributed by atoms with Gasteiger partial charge in [0.15, 0.2) is 0 Å². The summed E-state index contributed by atoms with van der Waals surface area (Å²) in [6.07, 6.45) is 3.99. The van der Waals surface area contributed by atoms with Crippen molar-refractivity contribution < 1.29 is 0 Å². The molecule has 0 saturated carbocycles. The van der Waals surface area contributed by atoms with Gasteiger partial charge in [-0.15, -0.1) is 0 Å². The molecule has 0 bridgehead atoms. The first-order valence-electron chi connectivity index (χ1n) is 8.06. The fraction of sp³-hybridized carbons (Fsp3) is 0.500. The molecule has 3 rings (SSSR count). The van der Waals surface area contributed by atoms with E-state index in [4.69, 9.17) is 4.98 Å². The van der Waals surface area contributed by atoms with Gasteiger partial charge >= 0.3 is 0 Å². The molecule has 3 heteroatoms. The number of hydrogen-bond acceptors (Lipinski definition) is 3. The predicted octanol–water partition coefficient (Wildman–Crippen LogP) is 4.39. The lowest BCUT2D eigenvalue weighted by molar-refractivity contribution is 0.578. The Bertz CT molecular complexity index is 628. The molecule has 3 nitrogen and oxygen atoms in total. The van der Waals surface area contributed by atoms with E-state index in [0.717, 1.165) is 11.3 Å². The Morgan fingerprint density at radius 2 is 1.86 bits per heavy atom. The average molecular weight is 283 g/mol. The number of benzene rings is 1. The number of pyridine rings is 1. The van der Waals surface area contributed by atoms with Crippen molar-refractivity contribution >= 4 is 22.4 Å². The van der Waals surface area contributed by atoms with E-state index >= 15 is 0 Å². The largest absolute Gasteiger partial charge is 0.373 e. The van der Waals surface area contributed by atoms with Crippen LogP contribution in [-0.4, -0.2) is 25.1 Å². The summed E-state index contributed by atoms with van der Waals surface area (Å²) >= 11 is 0. The molecule has 1 aromatic heterocycles. The van der Waals surface area contributed by atoms with Crippen LogP contribution in [-0.2, 0) is 0 Å². The molecule has 0 unspecified atom stereocenters. The number of fused-ring (bicyclic) bond motifs is 1. The van der Waals surface area contributed by atoms with E-state index in [1.807, 2.05) is 7.05 Å². The van der Waals surface area contributed by atoms with E-state index in [1.54, 1.807) is 0 Å². The summed E-state index contributed by atoms with van der Waals surface area (Å²) < 4.78 is 0. The SMILES string of the molecule is CNc1nc2ccc(N3CCCCC3)cc2cc1C(C)C. The van der Waals surface area contributed by atoms with Gasteiger partial charge in [-0.25, -0.2) is 4.98 Å². The van der Waals surface area contributed by atoms with Crippen LogP contribution >= 0.6 is 0 Å². The molecule has 1 aromatic carbocycles. The highest BCUT2D eigenvalue weighted by Gasteiger charge is 2.13. The van der Waals surface area contributed by atoms with E-state index in [-0.39, 0.29) is 0 Å². The van der Waals surface area contributed by atoms with E-state index < -0.39 is 0 Å². The molecule has 2 heterocycles. The fourth-order valence-corrected chi connectivity index (χ4v) is 3.17. The van der Waals surface area contributed by atoms with Gasteiger partial charge in [-0.05, 0) is 55.0 Å². The van der Waals surface area contributed by atoms with Crippen molar-refractivity contribution in [3.63, 3.8) is 0 Å². The number of rotatable bonds is 3. The van der Waals surface area contributed by atoms with Crippen LogP contribution < -0.4 is 10.2 Å². The zero-order valence-electron chi connectivity index (χ0n) is 13.3. The van der Waals surface area contributed by atoms with Gasteiger partial charge in [0.2, 0.25) is 0 Å². The van der Waals surface area contributed by atoms with Crippen LogP contribution in [0.1, 0.15) is 44.6 Å².